The van der Waals surface area contributed by atoms with Crippen molar-refractivity contribution in [1.29, 1.82) is 0 Å². The molecular formula is C21H23N3O2. The van der Waals surface area contributed by atoms with E-state index in [1.165, 1.54) is 0 Å². The fraction of sp³-hybridized carbons (Fsp3) is 0.286. The Morgan fingerprint density at radius 3 is 2.85 bits per heavy atom. The molecule has 0 radical (unpaired) electrons. The Labute approximate surface area is 153 Å². The summed E-state index contributed by atoms with van der Waals surface area (Å²) in [6.07, 6.45) is 2.51. The van der Waals surface area contributed by atoms with E-state index in [2.05, 4.69) is 34.3 Å². The highest BCUT2D eigenvalue weighted by Crippen LogP contribution is 2.22. The zero-order valence-electron chi connectivity index (χ0n) is 14.9. The minimum absolute atomic E-state index is 0.0116. The third-order valence-corrected chi connectivity index (χ3v) is 4.78. The second-order valence-corrected chi connectivity index (χ2v) is 6.76. The van der Waals surface area contributed by atoms with E-state index >= 15 is 0 Å². The van der Waals surface area contributed by atoms with E-state index in [0.29, 0.717) is 6.42 Å². The van der Waals surface area contributed by atoms with Gasteiger partial charge in [0.05, 0.1) is 19.1 Å². The summed E-state index contributed by atoms with van der Waals surface area (Å²) in [6, 6.07) is 16.1. The number of anilines is 2. The number of benzene rings is 2. The molecule has 1 saturated heterocycles. The summed E-state index contributed by atoms with van der Waals surface area (Å²) < 4.78 is 5.59. The van der Waals surface area contributed by atoms with Gasteiger partial charge in [-0.1, -0.05) is 18.2 Å². The first-order chi connectivity index (χ1) is 12.7. The maximum Gasteiger partial charge on any atom is 0.228 e. The highest BCUT2D eigenvalue weighted by atomic mass is 16.5. The molecule has 5 nitrogen and oxygen atoms in total. The molecule has 1 aliphatic rings. The molecule has 2 heterocycles. The molecule has 26 heavy (non-hydrogen) atoms. The van der Waals surface area contributed by atoms with E-state index in [1.807, 2.05) is 42.6 Å². The number of rotatable bonds is 4. The largest absolute Gasteiger partial charge is 0.375 e. The molecule has 1 fully saturated rings. The zero-order valence-corrected chi connectivity index (χ0v) is 14.9. The van der Waals surface area contributed by atoms with Crippen molar-refractivity contribution in [3.8, 4) is 0 Å². The van der Waals surface area contributed by atoms with E-state index in [9.17, 15) is 4.79 Å². The van der Waals surface area contributed by atoms with Crippen LogP contribution in [0.25, 0.3) is 10.9 Å². The van der Waals surface area contributed by atoms with Crippen LogP contribution in [0.3, 0.4) is 0 Å². The SMILES string of the molecule is CC1CN(c2ccc(NC(=O)Cc3c[nH]c4ccccc34)cc2)CCO1. The van der Waals surface area contributed by atoms with Gasteiger partial charge in [0, 0.05) is 41.6 Å². The lowest BCUT2D eigenvalue weighted by Gasteiger charge is -2.33. The third-order valence-electron chi connectivity index (χ3n) is 4.78. The molecule has 5 heteroatoms. The van der Waals surface area contributed by atoms with Gasteiger partial charge in [-0.25, -0.2) is 0 Å². The summed E-state index contributed by atoms with van der Waals surface area (Å²) in [6.45, 7) is 4.64. The molecular weight excluding hydrogens is 326 g/mol. The van der Waals surface area contributed by atoms with Gasteiger partial charge in [-0.3, -0.25) is 4.79 Å². The summed E-state index contributed by atoms with van der Waals surface area (Å²) in [5, 5.41) is 4.08. The Bertz CT molecular complexity index is 901. The van der Waals surface area contributed by atoms with Crippen molar-refractivity contribution in [3.63, 3.8) is 0 Å². The van der Waals surface area contributed by atoms with Gasteiger partial charge in [0.2, 0.25) is 5.91 Å². The number of amides is 1. The number of aromatic nitrogens is 1. The molecule has 2 aromatic carbocycles. The molecule has 1 atom stereocenters. The minimum Gasteiger partial charge on any atom is -0.375 e. The molecule has 0 aliphatic carbocycles. The number of H-pyrrole nitrogens is 1. The van der Waals surface area contributed by atoms with Crippen LogP contribution < -0.4 is 10.2 Å². The van der Waals surface area contributed by atoms with Crippen molar-refractivity contribution in [3.05, 3.63) is 60.3 Å². The van der Waals surface area contributed by atoms with Crippen LogP contribution in [-0.2, 0) is 16.0 Å². The monoisotopic (exact) mass is 349 g/mol. The van der Waals surface area contributed by atoms with E-state index in [4.69, 9.17) is 4.74 Å². The van der Waals surface area contributed by atoms with E-state index < -0.39 is 0 Å². The van der Waals surface area contributed by atoms with E-state index in [1.54, 1.807) is 0 Å². The lowest BCUT2D eigenvalue weighted by molar-refractivity contribution is -0.115. The van der Waals surface area contributed by atoms with Crippen molar-refractivity contribution < 1.29 is 9.53 Å². The maximum absolute atomic E-state index is 12.4. The van der Waals surface area contributed by atoms with Crippen LogP contribution in [0.15, 0.2) is 54.7 Å². The van der Waals surface area contributed by atoms with E-state index in [0.717, 1.165) is 47.5 Å². The number of para-hydroxylation sites is 1. The quantitative estimate of drug-likeness (QED) is 0.757. The lowest BCUT2D eigenvalue weighted by Crippen LogP contribution is -2.41. The topological polar surface area (TPSA) is 57.4 Å². The summed E-state index contributed by atoms with van der Waals surface area (Å²) in [5.41, 5.74) is 4.05. The first-order valence-electron chi connectivity index (χ1n) is 9.00. The van der Waals surface area contributed by atoms with Crippen LogP contribution in [0, 0.1) is 0 Å². The van der Waals surface area contributed by atoms with Gasteiger partial charge in [0.15, 0.2) is 0 Å². The number of aromatic amines is 1. The number of hydrogen-bond donors (Lipinski definition) is 2. The highest BCUT2D eigenvalue weighted by Gasteiger charge is 2.17. The Morgan fingerprint density at radius 2 is 2.04 bits per heavy atom. The number of carbonyl (C=O) groups excluding carboxylic acids is 1. The second kappa shape index (κ2) is 7.22. The van der Waals surface area contributed by atoms with Gasteiger partial charge in [-0.2, -0.15) is 0 Å². The van der Waals surface area contributed by atoms with Gasteiger partial charge in [-0.15, -0.1) is 0 Å². The van der Waals surface area contributed by atoms with Crippen LogP contribution in [0.2, 0.25) is 0 Å². The predicted molar refractivity (Wildman–Crippen MR) is 105 cm³/mol. The average Bonchev–Trinajstić information content (AvgIpc) is 3.05. The summed E-state index contributed by atoms with van der Waals surface area (Å²) in [4.78, 5) is 17.9. The number of hydrogen-bond acceptors (Lipinski definition) is 3. The molecule has 2 N–H and O–H groups in total. The van der Waals surface area contributed by atoms with Crippen LogP contribution in [-0.4, -0.2) is 36.7 Å². The van der Waals surface area contributed by atoms with Crippen LogP contribution in [0.1, 0.15) is 12.5 Å². The highest BCUT2D eigenvalue weighted by molar-refractivity contribution is 5.95. The predicted octanol–water partition coefficient (Wildman–Crippen LogP) is 3.57. The smallest absolute Gasteiger partial charge is 0.228 e. The van der Waals surface area contributed by atoms with Crippen LogP contribution in [0.4, 0.5) is 11.4 Å². The second-order valence-electron chi connectivity index (χ2n) is 6.76. The lowest BCUT2D eigenvalue weighted by atomic mass is 10.1. The maximum atomic E-state index is 12.4. The van der Waals surface area contributed by atoms with Gasteiger partial charge in [0.25, 0.3) is 0 Å². The van der Waals surface area contributed by atoms with Crippen LogP contribution in [0.5, 0.6) is 0 Å². The standard InChI is InChI=1S/C21H23N3O2/c1-15-14-24(10-11-26-15)18-8-6-17(7-9-18)23-21(25)12-16-13-22-20-5-3-2-4-19(16)20/h2-9,13,15,22H,10-12,14H2,1H3,(H,23,25). The third kappa shape index (κ3) is 3.58. The fourth-order valence-electron chi connectivity index (χ4n) is 3.46. The number of morpholine rings is 1. The van der Waals surface area contributed by atoms with Crippen molar-refractivity contribution in [2.75, 3.05) is 29.9 Å². The van der Waals surface area contributed by atoms with Gasteiger partial charge >= 0.3 is 0 Å². The number of nitrogens with one attached hydrogen (secondary N) is 2. The Morgan fingerprint density at radius 1 is 1.23 bits per heavy atom. The molecule has 1 aromatic heterocycles. The molecule has 0 spiro atoms. The molecule has 134 valence electrons. The van der Waals surface area contributed by atoms with Gasteiger partial charge < -0.3 is 19.9 Å². The number of ether oxygens (including phenoxy) is 1. The first-order valence-corrected chi connectivity index (χ1v) is 9.00. The Balaban J connectivity index is 1.40. The van der Waals surface area contributed by atoms with Gasteiger partial charge in [-0.05, 0) is 42.8 Å². The van der Waals surface area contributed by atoms with E-state index in [-0.39, 0.29) is 12.0 Å². The number of carbonyl (C=O) groups is 1. The molecule has 1 amide bonds. The summed E-state index contributed by atoms with van der Waals surface area (Å²) >= 11 is 0. The molecule has 0 saturated carbocycles. The summed E-state index contributed by atoms with van der Waals surface area (Å²) in [5.74, 6) is -0.0116. The Hall–Kier alpha value is -2.79. The zero-order chi connectivity index (χ0) is 17.9. The van der Waals surface area contributed by atoms with Gasteiger partial charge in [0.1, 0.15) is 0 Å². The fourth-order valence-corrected chi connectivity index (χ4v) is 3.46. The Kier molecular flexibility index (Phi) is 4.63. The minimum atomic E-state index is -0.0116. The first kappa shape index (κ1) is 16.7. The molecule has 1 unspecified atom stereocenters. The normalized spacial score (nSPS) is 17.4. The van der Waals surface area contributed by atoms with Crippen molar-refractivity contribution in [1.82, 2.24) is 4.98 Å². The van der Waals surface area contributed by atoms with Crippen molar-refractivity contribution in [2.45, 2.75) is 19.4 Å². The van der Waals surface area contributed by atoms with Crippen molar-refractivity contribution in [2.24, 2.45) is 0 Å². The molecule has 3 aromatic rings. The molecule has 1 aliphatic heterocycles. The molecule has 4 rings (SSSR count). The summed E-state index contributed by atoms with van der Waals surface area (Å²) in [7, 11) is 0. The average molecular weight is 349 g/mol. The number of fused-ring (bicyclic) bond motifs is 1. The molecule has 0 bridgehead atoms. The van der Waals surface area contributed by atoms with Crippen molar-refractivity contribution >= 4 is 28.2 Å². The number of nitrogens with zero attached hydrogens (tertiary/aromatic N) is 1. The van der Waals surface area contributed by atoms with Crippen LogP contribution >= 0.6 is 0 Å².